The van der Waals surface area contributed by atoms with Crippen molar-refractivity contribution in [3.05, 3.63) is 65.2 Å². The first-order valence-corrected chi connectivity index (χ1v) is 6.89. The summed E-state index contributed by atoms with van der Waals surface area (Å²) < 4.78 is 5.66. The highest BCUT2D eigenvalue weighted by Crippen LogP contribution is 2.24. The van der Waals surface area contributed by atoms with E-state index in [1.807, 2.05) is 12.1 Å². The molecule has 1 heterocycles. The van der Waals surface area contributed by atoms with E-state index in [9.17, 15) is 0 Å². The normalized spacial score (nSPS) is 15.3. The fourth-order valence-corrected chi connectivity index (χ4v) is 2.32. The molecule has 3 heteroatoms. The molecule has 1 aliphatic rings. The number of anilines is 1. The summed E-state index contributed by atoms with van der Waals surface area (Å²) in [4.78, 5) is 4.49. The van der Waals surface area contributed by atoms with Gasteiger partial charge in [-0.15, -0.1) is 0 Å². The Labute approximate surface area is 119 Å². The van der Waals surface area contributed by atoms with E-state index in [2.05, 4.69) is 53.6 Å². The van der Waals surface area contributed by atoms with Gasteiger partial charge < -0.3 is 10.1 Å². The van der Waals surface area contributed by atoms with E-state index in [1.165, 1.54) is 16.7 Å². The van der Waals surface area contributed by atoms with Crippen LogP contribution >= 0.6 is 0 Å². The van der Waals surface area contributed by atoms with Crippen LogP contribution in [-0.4, -0.2) is 12.6 Å². The summed E-state index contributed by atoms with van der Waals surface area (Å²) in [6.45, 7) is 3.42. The van der Waals surface area contributed by atoms with Gasteiger partial charge in [-0.25, -0.2) is 4.99 Å². The highest BCUT2D eigenvalue weighted by Gasteiger charge is 2.15. The Bertz CT molecular complexity index is 620. The molecule has 3 nitrogen and oxygen atoms in total. The Morgan fingerprint density at radius 2 is 1.95 bits per heavy atom. The van der Waals surface area contributed by atoms with Gasteiger partial charge in [0.2, 0.25) is 0 Å². The van der Waals surface area contributed by atoms with Gasteiger partial charge in [0, 0.05) is 17.8 Å². The predicted octanol–water partition coefficient (Wildman–Crippen LogP) is 3.54. The summed E-state index contributed by atoms with van der Waals surface area (Å²) in [5.74, 6) is 0. The second-order valence-corrected chi connectivity index (χ2v) is 4.94. The molecule has 1 aliphatic heterocycles. The number of benzene rings is 2. The SMILES string of the molecule is Cc1cccc2c1COC(=NCCc1ccccc1)N2. The first-order chi connectivity index (χ1) is 9.83. The molecule has 0 aromatic heterocycles. The predicted molar refractivity (Wildman–Crippen MR) is 82.0 cm³/mol. The number of ether oxygens (including phenoxy) is 1. The van der Waals surface area contributed by atoms with Gasteiger partial charge in [-0.3, -0.25) is 0 Å². The fourth-order valence-electron chi connectivity index (χ4n) is 2.32. The van der Waals surface area contributed by atoms with Crippen LogP contribution in [0.5, 0.6) is 0 Å². The molecule has 2 aromatic carbocycles. The number of hydrogen-bond donors (Lipinski definition) is 1. The van der Waals surface area contributed by atoms with Crippen molar-refractivity contribution in [2.75, 3.05) is 11.9 Å². The van der Waals surface area contributed by atoms with Crippen molar-refractivity contribution in [2.24, 2.45) is 4.99 Å². The van der Waals surface area contributed by atoms with Crippen LogP contribution in [0.1, 0.15) is 16.7 Å². The van der Waals surface area contributed by atoms with Crippen molar-refractivity contribution in [3.8, 4) is 0 Å². The zero-order chi connectivity index (χ0) is 13.8. The molecule has 0 spiro atoms. The zero-order valence-electron chi connectivity index (χ0n) is 11.6. The van der Waals surface area contributed by atoms with Crippen molar-refractivity contribution in [1.29, 1.82) is 0 Å². The van der Waals surface area contributed by atoms with Crippen LogP contribution in [0.4, 0.5) is 5.69 Å². The standard InChI is InChI=1S/C17H18N2O/c1-13-6-5-9-16-15(13)12-20-17(19-16)18-11-10-14-7-3-2-4-8-14/h2-9H,10-12H2,1H3,(H,18,19). The topological polar surface area (TPSA) is 33.6 Å². The molecule has 1 N–H and O–H groups in total. The number of nitrogens with one attached hydrogen (secondary N) is 1. The maximum atomic E-state index is 5.66. The molecule has 0 fully saturated rings. The Morgan fingerprint density at radius 1 is 1.10 bits per heavy atom. The molecule has 20 heavy (non-hydrogen) atoms. The number of aliphatic imine (C=N–C) groups is 1. The van der Waals surface area contributed by atoms with Crippen LogP contribution in [-0.2, 0) is 17.8 Å². The lowest BCUT2D eigenvalue weighted by Gasteiger charge is -2.22. The Morgan fingerprint density at radius 3 is 2.80 bits per heavy atom. The first-order valence-electron chi connectivity index (χ1n) is 6.89. The van der Waals surface area contributed by atoms with Gasteiger partial charge in [-0.05, 0) is 30.5 Å². The van der Waals surface area contributed by atoms with Crippen LogP contribution in [0, 0.1) is 6.92 Å². The highest BCUT2D eigenvalue weighted by atomic mass is 16.5. The summed E-state index contributed by atoms with van der Waals surface area (Å²) in [5.41, 5.74) is 4.87. The Balaban J connectivity index is 1.64. The molecule has 0 saturated heterocycles. The molecule has 0 amide bonds. The largest absolute Gasteiger partial charge is 0.460 e. The number of rotatable bonds is 3. The smallest absolute Gasteiger partial charge is 0.289 e. The minimum absolute atomic E-state index is 0.596. The maximum Gasteiger partial charge on any atom is 0.289 e. The number of nitrogens with zero attached hydrogens (tertiary/aromatic N) is 1. The Kier molecular flexibility index (Phi) is 3.68. The Hall–Kier alpha value is -2.29. The summed E-state index contributed by atoms with van der Waals surface area (Å²) in [6, 6.07) is 17.2. The van der Waals surface area contributed by atoms with E-state index in [1.54, 1.807) is 0 Å². The van der Waals surface area contributed by atoms with Gasteiger partial charge in [0.05, 0.1) is 0 Å². The molecular weight excluding hydrogens is 248 g/mol. The summed E-state index contributed by atoms with van der Waals surface area (Å²) in [5, 5.41) is 3.25. The van der Waals surface area contributed by atoms with E-state index in [0.717, 1.165) is 18.7 Å². The molecule has 2 aromatic rings. The van der Waals surface area contributed by atoms with Gasteiger partial charge in [-0.1, -0.05) is 42.5 Å². The molecule has 0 saturated carbocycles. The van der Waals surface area contributed by atoms with E-state index in [4.69, 9.17) is 4.74 Å². The molecule has 0 radical (unpaired) electrons. The maximum absolute atomic E-state index is 5.66. The van der Waals surface area contributed by atoms with Crippen LogP contribution < -0.4 is 5.32 Å². The van der Waals surface area contributed by atoms with Crippen molar-refractivity contribution in [1.82, 2.24) is 0 Å². The fraction of sp³-hybridized carbons (Fsp3) is 0.235. The van der Waals surface area contributed by atoms with Crippen LogP contribution in [0.3, 0.4) is 0 Å². The molecule has 0 bridgehead atoms. The van der Waals surface area contributed by atoms with Gasteiger partial charge in [-0.2, -0.15) is 0 Å². The lowest BCUT2D eigenvalue weighted by Crippen LogP contribution is -2.23. The van der Waals surface area contributed by atoms with E-state index in [-0.39, 0.29) is 0 Å². The average Bonchev–Trinajstić information content (AvgIpc) is 2.48. The van der Waals surface area contributed by atoms with Crippen molar-refractivity contribution in [3.63, 3.8) is 0 Å². The van der Waals surface area contributed by atoms with E-state index >= 15 is 0 Å². The minimum atomic E-state index is 0.596. The molecule has 102 valence electrons. The van der Waals surface area contributed by atoms with Gasteiger partial charge in [0.15, 0.2) is 0 Å². The van der Waals surface area contributed by atoms with Gasteiger partial charge >= 0.3 is 0 Å². The van der Waals surface area contributed by atoms with Crippen molar-refractivity contribution >= 4 is 11.7 Å². The minimum Gasteiger partial charge on any atom is -0.460 e. The van der Waals surface area contributed by atoms with Crippen LogP contribution in [0.15, 0.2) is 53.5 Å². The summed E-state index contributed by atoms with van der Waals surface area (Å²) in [6.07, 6.45) is 0.927. The lowest BCUT2D eigenvalue weighted by molar-refractivity contribution is 0.283. The molecule has 0 aliphatic carbocycles. The number of hydrogen-bond acceptors (Lipinski definition) is 2. The first kappa shape index (κ1) is 12.7. The third-order valence-corrected chi connectivity index (χ3v) is 3.50. The zero-order valence-corrected chi connectivity index (χ0v) is 11.6. The highest BCUT2D eigenvalue weighted by molar-refractivity contribution is 5.91. The summed E-state index contributed by atoms with van der Waals surface area (Å²) >= 11 is 0. The summed E-state index contributed by atoms with van der Waals surface area (Å²) in [7, 11) is 0. The van der Waals surface area contributed by atoms with Gasteiger partial charge in [0.25, 0.3) is 6.02 Å². The second kappa shape index (κ2) is 5.78. The third-order valence-electron chi connectivity index (χ3n) is 3.50. The number of amidine groups is 1. The number of fused-ring (bicyclic) bond motifs is 1. The van der Waals surface area contributed by atoms with E-state index in [0.29, 0.717) is 12.6 Å². The van der Waals surface area contributed by atoms with Crippen LogP contribution in [0.2, 0.25) is 0 Å². The second-order valence-electron chi connectivity index (χ2n) is 4.94. The van der Waals surface area contributed by atoms with Crippen molar-refractivity contribution < 1.29 is 4.74 Å². The number of aryl methyl sites for hydroxylation is 1. The van der Waals surface area contributed by atoms with E-state index < -0.39 is 0 Å². The molecule has 0 atom stereocenters. The quantitative estimate of drug-likeness (QED) is 0.922. The van der Waals surface area contributed by atoms with Crippen molar-refractivity contribution in [2.45, 2.75) is 20.0 Å². The molecule has 0 unspecified atom stereocenters. The molecule has 3 rings (SSSR count). The average molecular weight is 266 g/mol. The monoisotopic (exact) mass is 266 g/mol. The molecular formula is C17H18N2O. The van der Waals surface area contributed by atoms with Gasteiger partial charge in [0.1, 0.15) is 6.61 Å². The third kappa shape index (κ3) is 2.82. The van der Waals surface area contributed by atoms with Crippen LogP contribution in [0.25, 0.3) is 0 Å². The lowest BCUT2D eigenvalue weighted by atomic mass is 10.1.